The smallest absolute Gasteiger partial charge is 0.124 e. The summed E-state index contributed by atoms with van der Waals surface area (Å²) in [5.74, 6) is 0.147. The molecule has 0 heterocycles. The van der Waals surface area contributed by atoms with Crippen molar-refractivity contribution in [1.29, 1.82) is 0 Å². The van der Waals surface area contributed by atoms with Crippen molar-refractivity contribution in [1.82, 2.24) is 0 Å². The quantitative estimate of drug-likeness (QED) is 0.790. The predicted octanol–water partition coefficient (Wildman–Crippen LogP) is 4.76. The van der Waals surface area contributed by atoms with E-state index in [1.165, 1.54) is 6.07 Å². The summed E-state index contributed by atoms with van der Waals surface area (Å²) < 4.78 is 0. The maximum atomic E-state index is 9.64. The molecule has 0 radical (unpaired) electrons. The second-order valence-electron chi connectivity index (χ2n) is 3.89. The fourth-order valence-corrected chi connectivity index (χ4v) is 1.78. The van der Waals surface area contributed by atoms with Crippen LogP contribution in [0.5, 0.6) is 5.75 Å². The van der Waals surface area contributed by atoms with Crippen LogP contribution in [-0.4, -0.2) is 11.3 Å². The average molecular weight is 280 g/mol. The molecular weight excluding hydrogens is 269 g/mol. The third-order valence-corrected chi connectivity index (χ3v) is 3.14. The molecule has 1 N–H and O–H groups in total. The van der Waals surface area contributed by atoms with E-state index in [9.17, 15) is 5.11 Å². The maximum absolute atomic E-state index is 9.64. The Kier molecular flexibility index (Phi) is 3.90. The standard InChI is InChI=1S/C14H11Cl2NO/c1-9-6-12(3-4-13(9)16)17-8-10-7-11(15)2-5-14(10)18/h2-8,18H,1H3. The van der Waals surface area contributed by atoms with E-state index in [0.29, 0.717) is 15.6 Å². The van der Waals surface area contributed by atoms with Crippen LogP contribution in [0.1, 0.15) is 11.1 Å². The molecule has 0 saturated heterocycles. The first kappa shape index (κ1) is 12.9. The summed E-state index contributed by atoms with van der Waals surface area (Å²) in [6.45, 7) is 1.91. The van der Waals surface area contributed by atoms with Crippen molar-refractivity contribution in [3.63, 3.8) is 0 Å². The van der Waals surface area contributed by atoms with Gasteiger partial charge in [0, 0.05) is 21.8 Å². The van der Waals surface area contributed by atoms with Crippen LogP contribution in [0.25, 0.3) is 0 Å². The highest BCUT2D eigenvalue weighted by molar-refractivity contribution is 6.31. The molecule has 0 aromatic heterocycles. The lowest BCUT2D eigenvalue weighted by Gasteiger charge is -2.01. The molecule has 2 nitrogen and oxygen atoms in total. The SMILES string of the molecule is Cc1cc(N=Cc2cc(Cl)ccc2O)ccc1Cl. The summed E-state index contributed by atoms with van der Waals surface area (Å²) in [5.41, 5.74) is 2.31. The van der Waals surface area contributed by atoms with E-state index in [-0.39, 0.29) is 5.75 Å². The Balaban J connectivity index is 2.29. The van der Waals surface area contributed by atoms with E-state index in [2.05, 4.69) is 4.99 Å². The molecule has 0 bridgehead atoms. The summed E-state index contributed by atoms with van der Waals surface area (Å²) in [5, 5.41) is 10.9. The van der Waals surface area contributed by atoms with Gasteiger partial charge in [-0.05, 0) is 48.9 Å². The number of halogens is 2. The van der Waals surface area contributed by atoms with Crippen LogP contribution in [0.2, 0.25) is 10.0 Å². The Morgan fingerprint density at radius 2 is 1.89 bits per heavy atom. The average Bonchev–Trinajstić information content (AvgIpc) is 2.34. The van der Waals surface area contributed by atoms with Crippen molar-refractivity contribution in [3.05, 3.63) is 57.6 Å². The molecule has 0 atom stereocenters. The topological polar surface area (TPSA) is 32.6 Å². The first-order valence-electron chi connectivity index (χ1n) is 5.35. The van der Waals surface area contributed by atoms with E-state index >= 15 is 0 Å². The molecule has 18 heavy (non-hydrogen) atoms. The molecule has 2 rings (SSSR count). The number of hydrogen-bond acceptors (Lipinski definition) is 2. The molecule has 0 saturated carbocycles. The zero-order chi connectivity index (χ0) is 13.1. The van der Waals surface area contributed by atoms with Crippen LogP contribution >= 0.6 is 23.2 Å². The third kappa shape index (κ3) is 3.03. The van der Waals surface area contributed by atoms with Crippen LogP contribution in [-0.2, 0) is 0 Å². The van der Waals surface area contributed by atoms with Gasteiger partial charge in [-0.2, -0.15) is 0 Å². The van der Waals surface area contributed by atoms with Gasteiger partial charge in [-0.15, -0.1) is 0 Å². The van der Waals surface area contributed by atoms with Gasteiger partial charge in [0.2, 0.25) is 0 Å². The van der Waals surface area contributed by atoms with Crippen molar-refractivity contribution in [2.75, 3.05) is 0 Å². The van der Waals surface area contributed by atoms with Gasteiger partial charge in [0.15, 0.2) is 0 Å². The van der Waals surface area contributed by atoms with Crippen molar-refractivity contribution in [2.45, 2.75) is 6.92 Å². The molecule has 0 amide bonds. The number of phenols is 1. The molecule has 0 unspecified atom stereocenters. The van der Waals surface area contributed by atoms with Crippen LogP contribution in [0.4, 0.5) is 5.69 Å². The Morgan fingerprint density at radius 1 is 1.11 bits per heavy atom. The minimum absolute atomic E-state index is 0.147. The van der Waals surface area contributed by atoms with E-state index in [0.717, 1.165) is 11.3 Å². The lowest BCUT2D eigenvalue weighted by atomic mass is 10.2. The van der Waals surface area contributed by atoms with Gasteiger partial charge >= 0.3 is 0 Å². The van der Waals surface area contributed by atoms with Crippen molar-refractivity contribution < 1.29 is 5.11 Å². The number of aliphatic imine (C=N–C) groups is 1. The summed E-state index contributed by atoms with van der Waals surface area (Å²) in [7, 11) is 0. The summed E-state index contributed by atoms with van der Waals surface area (Å²) in [4.78, 5) is 4.28. The zero-order valence-corrected chi connectivity index (χ0v) is 11.2. The molecule has 0 aliphatic carbocycles. The molecule has 4 heteroatoms. The normalized spacial score (nSPS) is 11.1. The third-order valence-electron chi connectivity index (χ3n) is 2.48. The van der Waals surface area contributed by atoms with Crippen LogP contribution in [0, 0.1) is 6.92 Å². The predicted molar refractivity (Wildman–Crippen MR) is 76.6 cm³/mol. The van der Waals surface area contributed by atoms with E-state index in [1.54, 1.807) is 24.4 Å². The van der Waals surface area contributed by atoms with Gasteiger partial charge in [0.25, 0.3) is 0 Å². The number of rotatable bonds is 2. The first-order valence-corrected chi connectivity index (χ1v) is 6.10. The monoisotopic (exact) mass is 279 g/mol. The molecule has 0 aliphatic heterocycles. The number of aromatic hydroxyl groups is 1. The highest BCUT2D eigenvalue weighted by Crippen LogP contribution is 2.23. The van der Waals surface area contributed by atoms with E-state index in [4.69, 9.17) is 23.2 Å². The number of nitrogens with zero attached hydrogens (tertiary/aromatic N) is 1. The van der Waals surface area contributed by atoms with E-state index < -0.39 is 0 Å². The van der Waals surface area contributed by atoms with Gasteiger partial charge < -0.3 is 5.11 Å². The molecule has 0 spiro atoms. The number of benzene rings is 2. The van der Waals surface area contributed by atoms with E-state index in [1.807, 2.05) is 19.1 Å². The molecular formula is C14H11Cl2NO. The molecule has 92 valence electrons. The fourth-order valence-electron chi connectivity index (χ4n) is 1.48. The van der Waals surface area contributed by atoms with Gasteiger partial charge in [0.1, 0.15) is 5.75 Å². The Labute approximate surface area is 116 Å². The second-order valence-corrected chi connectivity index (χ2v) is 4.74. The van der Waals surface area contributed by atoms with Crippen LogP contribution < -0.4 is 0 Å². The summed E-state index contributed by atoms with van der Waals surface area (Å²) in [6.07, 6.45) is 1.57. The van der Waals surface area contributed by atoms with Gasteiger partial charge in [-0.1, -0.05) is 23.2 Å². The van der Waals surface area contributed by atoms with Gasteiger partial charge in [-0.25, -0.2) is 0 Å². The van der Waals surface area contributed by atoms with Crippen LogP contribution in [0.3, 0.4) is 0 Å². The molecule has 2 aromatic rings. The lowest BCUT2D eigenvalue weighted by molar-refractivity contribution is 0.474. The lowest BCUT2D eigenvalue weighted by Crippen LogP contribution is -1.82. The van der Waals surface area contributed by atoms with Crippen molar-refractivity contribution in [3.8, 4) is 5.75 Å². The molecule has 2 aromatic carbocycles. The minimum atomic E-state index is 0.147. The second kappa shape index (κ2) is 5.42. The number of hydrogen-bond donors (Lipinski definition) is 1. The summed E-state index contributed by atoms with van der Waals surface area (Å²) >= 11 is 11.8. The van der Waals surface area contributed by atoms with Crippen LogP contribution in [0.15, 0.2) is 41.4 Å². The highest BCUT2D eigenvalue weighted by atomic mass is 35.5. The minimum Gasteiger partial charge on any atom is -0.507 e. The Hall–Kier alpha value is -1.51. The van der Waals surface area contributed by atoms with Crippen molar-refractivity contribution >= 4 is 35.1 Å². The molecule has 0 aliphatic rings. The zero-order valence-electron chi connectivity index (χ0n) is 9.69. The summed E-state index contributed by atoms with van der Waals surface area (Å²) in [6, 6.07) is 10.3. The Morgan fingerprint density at radius 3 is 2.61 bits per heavy atom. The molecule has 0 fully saturated rings. The Bertz CT molecular complexity index is 609. The fraction of sp³-hybridized carbons (Fsp3) is 0.0714. The first-order chi connectivity index (χ1) is 8.56. The maximum Gasteiger partial charge on any atom is 0.124 e. The van der Waals surface area contributed by atoms with Gasteiger partial charge in [-0.3, -0.25) is 4.99 Å². The highest BCUT2D eigenvalue weighted by Gasteiger charge is 2.00. The number of aryl methyl sites for hydroxylation is 1. The van der Waals surface area contributed by atoms with Crippen molar-refractivity contribution in [2.24, 2.45) is 4.99 Å². The van der Waals surface area contributed by atoms with Gasteiger partial charge in [0.05, 0.1) is 5.69 Å². The largest absolute Gasteiger partial charge is 0.507 e. The number of phenolic OH excluding ortho intramolecular Hbond substituents is 1.